The summed E-state index contributed by atoms with van der Waals surface area (Å²) in [6.07, 6.45) is 11.6. The van der Waals surface area contributed by atoms with Crippen LogP contribution in [0.2, 0.25) is 0 Å². The molecule has 7 aliphatic rings. The van der Waals surface area contributed by atoms with Crippen LogP contribution >= 0.6 is 0 Å². The van der Waals surface area contributed by atoms with Crippen molar-refractivity contribution in [2.45, 2.75) is 162 Å². The van der Waals surface area contributed by atoms with E-state index in [0.717, 1.165) is 58.3 Å². The molecule has 5 saturated carbocycles. The fourth-order valence-electron chi connectivity index (χ4n) is 13.3. The van der Waals surface area contributed by atoms with Gasteiger partial charge in [-0.25, -0.2) is 0 Å². The first kappa shape index (κ1) is 37.9. The Morgan fingerprint density at radius 1 is 0.980 bits per heavy atom. The second kappa shape index (κ2) is 13.2. The van der Waals surface area contributed by atoms with Crippen LogP contribution in [0.3, 0.4) is 0 Å². The van der Waals surface area contributed by atoms with E-state index in [4.69, 9.17) is 28.8 Å². The molecular weight excluding hydrogens is 622 g/mol. The average Bonchev–Trinajstić information content (AvgIpc) is 3.61. The van der Waals surface area contributed by atoms with Gasteiger partial charge in [0.05, 0.1) is 36.1 Å². The number of esters is 1. The van der Waals surface area contributed by atoms with E-state index in [0.29, 0.717) is 40.6 Å². The fourth-order valence-corrected chi connectivity index (χ4v) is 13.3. The SMILES string of the molecule is CO.COC(C)(C)CN1CCOC(O[C@H]2CCC34C[C@]35CCC3(C)C6CCC([C@H](OC(C)=O)C(C)(C)O)OC6CC3C5CCC4C2(C)C)C1.[HH]. The molecule has 49 heavy (non-hydrogen) atoms. The van der Waals surface area contributed by atoms with Crippen LogP contribution in [0.1, 0.15) is 121 Å². The molecule has 0 aromatic rings. The third-order valence-electron chi connectivity index (χ3n) is 15.5. The van der Waals surface area contributed by atoms with Crippen molar-refractivity contribution in [2.75, 3.05) is 40.5 Å². The van der Waals surface area contributed by atoms with Crippen LogP contribution in [0.25, 0.3) is 0 Å². The van der Waals surface area contributed by atoms with E-state index in [-0.39, 0.29) is 43.0 Å². The molecule has 9 nitrogen and oxygen atoms in total. The molecule has 2 aliphatic heterocycles. The van der Waals surface area contributed by atoms with Crippen LogP contribution in [0.15, 0.2) is 0 Å². The lowest BCUT2D eigenvalue weighted by molar-refractivity contribution is -0.247. The van der Waals surface area contributed by atoms with Crippen molar-refractivity contribution < 1.29 is 40.1 Å². The smallest absolute Gasteiger partial charge is 0.303 e. The number of ether oxygens (including phenoxy) is 5. The van der Waals surface area contributed by atoms with Gasteiger partial charge in [0.1, 0.15) is 0 Å². The standard InChI is InChI=1S/C39H65NO7.CH4O.H2/c1-24(41)45-33(36(6,7)42)28-12-10-26-29(46-28)20-27-25-11-13-30-35(4,5)31(14-15-39(30)22-38(25,39)17-16-37(26,27)8)47-32-21-40(18-19-44-32)23-34(2,3)43-9;1-2;/h25-33,42H,10-23H2,1-9H3;2H,1H3;1H/t25?,26?,27?,28?,29?,30?,31-,32?,33-,37?,38-,39?;;/m0../s1. The first-order valence-corrected chi connectivity index (χ1v) is 19.5. The molecule has 12 atom stereocenters. The van der Waals surface area contributed by atoms with E-state index in [9.17, 15) is 9.90 Å². The third kappa shape index (κ3) is 6.35. The normalized spacial score (nSPS) is 44.9. The predicted octanol–water partition coefficient (Wildman–Crippen LogP) is 6.22. The molecule has 0 radical (unpaired) electrons. The number of fused-ring (bicyclic) bond motifs is 4. The maximum absolute atomic E-state index is 12.0. The Kier molecular flexibility index (Phi) is 10.3. The molecule has 5 aliphatic carbocycles. The predicted molar refractivity (Wildman–Crippen MR) is 190 cm³/mol. The minimum absolute atomic E-state index is 0. The minimum atomic E-state index is -1.14. The summed E-state index contributed by atoms with van der Waals surface area (Å²) < 4.78 is 31.4. The Bertz CT molecular complexity index is 1210. The molecule has 0 amide bonds. The van der Waals surface area contributed by atoms with Gasteiger partial charge in [-0.05, 0) is 137 Å². The van der Waals surface area contributed by atoms with Crippen molar-refractivity contribution in [1.29, 1.82) is 0 Å². The summed E-state index contributed by atoms with van der Waals surface area (Å²) in [6.45, 7) is 20.2. The van der Waals surface area contributed by atoms with Gasteiger partial charge in [-0.1, -0.05) is 20.8 Å². The highest BCUT2D eigenvalue weighted by atomic mass is 16.7. The molecule has 0 bridgehead atoms. The zero-order valence-electron chi connectivity index (χ0n) is 32.4. The zero-order chi connectivity index (χ0) is 35.8. The van der Waals surface area contributed by atoms with Crippen LogP contribution in [-0.4, -0.2) is 103 Å². The van der Waals surface area contributed by atoms with Gasteiger partial charge < -0.3 is 33.9 Å². The summed E-state index contributed by atoms with van der Waals surface area (Å²) in [5, 5.41) is 17.9. The number of methoxy groups -OCH3 is 1. The van der Waals surface area contributed by atoms with Crippen molar-refractivity contribution in [3.8, 4) is 0 Å². The van der Waals surface area contributed by atoms with Crippen molar-refractivity contribution in [2.24, 2.45) is 45.3 Å². The van der Waals surface area contributed by atoms with E-state index in [2.05, 4.69) is 39.5 Å². The largest absolute Gasteiger partial charge is 0.457 e. The number of rotatable bonds is 8. The van der Waals surface area contributed by atoms with Gasteiger partial charge >= 0.3 is 5.97 Å². The Labute approximate surface area is 297 Å². The molecule has 7 rings (SSSR count). The van der Waals surface area contributed by atoms with E-state index in [1.54, 1.807) is 21.0 Å². The Hall–Kier alpha value is -0.810. The average molecular weight is 694 g/mol. The van der Waals surface area contributed by atoms with Crippen molar-refractivity contribution in [3.63, 3.8) is 0 Å². The number of hydrogen-bond acceptors (Lipinski definition) is 9. The Morgan fingerprint density at radius 2 is 1.69 bits per heavy atom. The van der Waals surface area contributed by atoms with Crippen LogP contribution in [0, 0.1) is 45.3 Å². The molecular formula is C40H71NO8. The number of morpholine rings is 1. The summed E-state index contributed by atoms with van der Waals surface area (Å²) in [6, 6.07) is 0. The van der Waals surface area contributed by atoms with Gasteiger partial charge in [0.2, 0.25) is 0 Å². The van der Waals surface area contributed by atoms with E-state index in [1.807, 2.05) is 0 Å². The highest BCUT2D eigenvalue weighted by molar-refractivity contribution is 5.66. The fraction of sp³-hybridized carbons (Fsp3) is 0.975. The molecule has 9 unspecified atom stereocenters. The highest BCUT2D eigenvalue weighted by Gasteiger charge is 2.80. The minimum Gasteiger partial charge on any atom is -0.457 e. The second-order valence-electron chi connectivity index (χ2n) is 19.1. The monoisotopic (exact) mass is 694 g/mol. The highest BCUT2D eigenvalue weighted by Crippen LogP contribution is 2.87. The number of carbonyl (C=O) groups is 1. The molecule has 284 valence electrons. The molecule has 9 heteroatoms. The molecule has 2 spiro atoms. The second-order valence-corrected chi connectivity index (χ2v) is 19.1. The number of hydrogen-bond donors (Lipinski definition) is 2. The molecule has 2 saturated heterocycles. The van der Waals surface area contributed by atoms with Gasteiger partial charge in [-0.3, -0.25) is 9.69 Å². The Balaban J connectivity index is 0.00000159. The lowest BCUT2D eigenvalue weighted by atomic mass is 9.46. The van der Waals surface area contributed by atoms with Crippen molar-refractivity contribution >= 4 is 5.97 Å². The summed E-state index contributed by atoms with van der Waals surface area (Å²) in [5.74, 6) is 2.36. The lowest BCUT2D eigenvalue weighted by Gasteiger charge is -2.60. The topological polar surface area (TPSA) is 107 Å². The molecule has 2 N–H and O–H groups in total. The van der Waals surface area contributed by atoms with Crippen LogP contribution < -0.4 is 0 Å². The Morgan fingerprint density at radius 3 is 2.37 bits per heavy atom. The van der Waals surface area contributed by atoms with Crippen molar-refractivity contribution in [3.05, 3.63) is 0 Å². The van der Waals surface area contributed by atoms with E-state index >= 15 is 0 Å². The van der Waals surface area contributed by atoms with Crippen LogP contribution in [0.5, 0.6) is 0 Å². The third-order valence-corrected chi connectivity index (χ3v) is 15.5. The van der Waals surface area contributed by atoms with Gasteiger partial charge in [-0.15, -0.1) is 0 Å². The summed E-state index contributed by atoms with van der Waals surface area (Å²) in [4.78, 5) is 14.4. The quantitative estimate of drug-likeness (QED) is 0.287. The summed E-state index contributed by atoms with van der Waals surface area (Å²) in [5.41, 5.74) is 0.0491. The summed E-state index contributed by atoms with van der Waals surface area (Å²) >= 11 is 0. The number of aliphatic hydroxyl groups is 2. The lowest BCUT2D eigenvalue weighted by Crippen LogP contribution is -2.56. The molecule has 2 heterocycles. The first-order chi connectivity index (χ1) is 23.0. The zero-order valence-corrected chi connectivity index (χ0v) is 32.4. The van der Waals surface area contributed by atoms with E-state index in [1.165, 1.54) is 45.4 Å². The summed E-state index contributed by atoms with van der Waals surface area (Å²) in [7, 11) is 2.80. The maximum Gasteiger partial charge on any atom is 0.303 e. The van der Waals surface area contributed by atoms with E-state index < -0.39 is 11.7 Å². The van der Waals surface area contributed by atoms with Gasteiger partial charge in [-0.2, -0.15) is 0 Å². The molecule has 0 aromatic carbocycles. The number of nitrogens with zero attached hydrogens (tertiary/aromatic N) is 1. The van der Waals surface area contributed by atoms with Gasteiger partial charge in [0, 0.05) is 42.2 Å². The van der Waals surface area contributed by atoms with Crippen LogP contribution in [0.4, 0.5) is 0 Å². The maximum atomic E-state index is 12.0. The van der Waals surface area contributed by atoms with Gasteiger partial charge in [0.15, 0.2) is 12.4 Å². The first-order valence-electron chi connectivity index (χ1n) is 19.5. The van der Waals surface area contributed by atoms with Gasteiger partial charge in [0.25, 0.3) is 0 Å². The van der Waals surface area contributed by atoms with Crippen LogP contribution in [-0.2, 0) is 28.5 Å². The number of aliphatic hydroxyl groups excluding tert-OH is 1. The number of carbonyl (C=O) groups excluding carboxylic acids is 1. The molecule has 7 fully saturated rings. The van der Waals surface area contributed by atoms with Crippen molar-refractivity contribution in [1.82, 2.24) is 4.90 Å². The molecule has 0 aromatic heterocycles.